The van der Waals surface area contributed by atoms with Gasteiger partial charge < -0.3 is 10.7 Å². The number of halogens is 1. The van der Waals surface area contributed by atoms with Gasteiger partial charge in [-0.1, -0.05) is 41.6 Å². The number of hydrogen-bond acceptors (Lipinski definition) is 3. The number of aromatic amines is 1. The van der Waals surface area contributed by atoms with Gasteiger partial charge in [-0.3, -0.25) is 0 Å². The van der Waals surface area contributed by atoms with Crippen molar-refractivity contribution in [3.8, 4) is 0 Å². The van der Waals surface area contributed by atoms with Crippen LogP contribution in [-0.2, 0) is 6.42 Å². The van der Waals surface area contributed by atoms with Crippen molar-refractivity contribution in [1.82, 2.24) is 9.97 Å². The fourth-order valence-corrected chi connectivity index (χ4v) is 3.42. The second-order valence-electron chi connectivity index (χ2n) is 4.42. The highest BCUT2D eigenvalue weighted by Gasteiger charge is 2.10. The van der Waals surface area contributed by atoms with Crippen LogP contribution in [0.2, 0.25) is 5.02 Å². The molecule has 0 radical (unpaired) electrons. The van der Waals surface area contributed by atoms with E-state index >= 15 is 0 Å². The Morgan fingerprint density at radius 3 is 2.80 bits per heavy atom. The summed E-state index contributed by atoms with van der Waals surface area (Å²) in [7, 11) is 0. The smallest absolute Gasteiger partial charge is 0.171 e. The summed E-state index contributed by atoms with van der Waals surface area (Å²) < 4.78 is 0. The van der Waals surface area contributed by atoms with Crippen molar-refractivity contribution in [2.24, 2.45) is 5.73 Å². The van der Waals surface area contributed by atoms with Crippen LogP contribution in [0, 0.1) is 0 Å². The molecule has 3 nitrogen and oxygen atoms in total. The summed E-state index contributed by atoms with van der Waals surface area (Å²) in [6.07, 6.45) is 0.766. The Kier molecular flexibility index (Phi) is 3.96. The molecule has 0 amide bonds. The van der Waals surface area contributed by atoms with E-state index in [0.717, 1.165) is 38.1 Å². The van der Waals surface area contributed by atoms with Gasteiger partial charge in [-0.25, -0.2) is 4.98 Å². The first kappa shape index (κ1) is 13.5. The lowest BCUT2D eigenvalue weighted by Gasteiger charge is -2.08. The van der Waals surface area contributed by atoms with Crippen LogP contribution in [0.15, 0.2) is 52.5 Å². The van der Waals surface area contributed by atoms with Crippen LogP contribution in [-0.4, -0.2) is 16.5 Å². The Hall–Kier alpha value is -1.49. The number of rotatable bonds is 4. The van der Waals surface area contributed by atoms with Crippen molar-refractivity contribution in [1.29, 1.82) is 0 Å². The molecule has 1 heterocycles. The van der Waals surface area contributed by atoms with Gasteiger partial charge in [-0.2, -0.15) is 0 Å². The zero-order chi connectivity index (χ0) is 13.9. The summed E-state index contributed by atoms with van der Waals surface area (Å²) in [4.78, 5) is 8.98. The Labute approximate surface area is 126 Å². The molecular weight excluding hydrogens is 290 g/mol. The number of benzene rings is 2. The van der Waals surface area contributed by atoms with E-state index in [-0.39, 0.29) is 0 Å². The SMILES string of the molecule is NCCc1c(Cl)cccc1Sc1nc2ccccc2[nH]1. The van der Waals surface area contributed by atoms with Gasteiger partial charge in [0.05, 0.1) is 11.0 Å². The standard InChI is InChI=1S/C15H14ClN3S/c16-11-4-3-7-14(10(11)8-9-17)20-15-18-12-5-1-2-6-13(12)19-15/h1-7H,8-9,17H2,(H,18,19). The average molecular weight is 304 g/mol. The predicted molar refractivity (Wildman–Crippen MR) is 84.4 cm³/mol. The van der Waals surface area contributed by atoms with Crippen molar-refractivity contribution in [2.75, 3.05) is 6.54 Å². The van der Waals surface area contributed by atoms with Gasteiger partial charge in [0, 0.05) is 9.92 Å². The summed E-state index contributed by atoms with van der Waals surface area (Å²) in [5, 5.41) is 1.63. The van der Waals surface area contributed by atoms with Crippen LogP contribution < -0.4 is 5.73 Å². The van der Waals surface area contributed by atoms with E-state index in [2.05, 4.69) is 16.0 Å². The van der Waals surface area contributed by atoms with Crippen LogP contribution in [0.4, 0.5) is 0 Å². The summed E-state index contributed by atoms with van der Waals surface area (Å²) in [6, 6.07) is 13.9. The zero-order valence-electron chi connectivity index (χ0n) is 10.8. The summed E-state index contributed by atoms with van der Waals surface area (Å²) in [6.45, 7) is 0.581. The highest BCUT2D eigenvalue weighted by molar-refractivity contribution is 7.99. The molecule has 0 saturated heterocycles. The molecule has 0 aliphatic rings. The van der Waals surface area contributed by atoms with E-state index in [4.69, 9.17) is 17.3 Å². The highest BCUT2D eigenvalue weighted by Crippen LogP contribution is 2.33. The molecule has 0 fully saturated rings. The van der Waals surface area contributed by atoms with Crippen LogP contribution >= 0.6 is 23.4 Å². The quantitative estimate of drug-likeness (QED) is 0.769. The Morgan fingerprint density at radius 1 is 1.15 bits per heavy atom. The van der Waals surface area contributed by atoms with Gasteiger partial charge in [-0.05, 0) is 42.8 Å². The number of imidazole rings is 1. The van der Waals surface area contributed by atoms with E-state index < -0.39 is 0 Å². The summed E-state index contributed by atoms with van der Waals surface area (Å²) in [5.74, 6) is 0. The number of para-hydroxylation sites is 2. The van der Waals surface area contributed by atoms with Gasteiger partial charge in [-0.15, -0.1) is 0 Å². The first-order valence-electron chi connectivity index (χ1n) is 6.38. The van der Waals surface area contributed by atoms with E-state index in [1.807, 2.05) is 36.4 Å². The third-order valence-corrected chi connectivity index (χ3v) is 4.39. The third kappa shape index (κ3) is 2.68. The molecule has 0 unspecified atom stereocenters. The lowest BCUT2D eigenvalue weighted by molar-refractivity contribution is 0.942. The van der Waals surface area contributed by atoms with Crippen molar-refractivity contribution in [2.45, 2.75) is 16.5 Å². The number of hydrogen-bond donors (Lipinski definition) is 2. The lowest BCUT2D eigenvalue weighted by atomic mass is 10.1. The lowest BCUT2D eigenvalue weighted by Crippen LogP contribution is -2.04. The molecule has 3 N–H and O–H groups in total. The van der Waals surface area contributed by atoms with Gasteiger partial charge in [0.1, 0.15) is 0 Å². The molecule has 1 aromatic heterocycles. The molecule has 0 aliphatic carbocycles. The Morgan fingerprint density at radius 2 is 2.00 bits per heavy atom. The number of fused-ring (bicyclic) bond motifs is 1. The first-order valence-corrected chi connectivity index (χ1v) is 7.57. The number of nitrogens with zero attached hydrogens (tertiary/aromatic N) is 1. The van der Waals surface area contributed by atoms with E-state index in [1.54, 1.807) is 11.8 Å². The van der Waals surface area contributed by atoms with Crippen molar-refractivity contribution < 1.29 is 0 Å². The molecule has 0 saturated carbocycles. The highest BCUT2D eigenvalue weighted by atomic mass is 35.5. The largest absolute Gasteiger partial charge is 0.333 e. The maximum Gasteiger partial charge on any atom is 0.171 e. The van der Waals surface area contributed by atoms with Gasteiger partial charge in [0.2, 0.25) is 0 Å². The van der Waals surface area contributed by atoms with E-state index in [9.17, 15) is 0 Å². The van der Waals surface area contributed by atoms with Crippen molar-refractivity contribution in [3.63, 3.8) is 0 Å². The fourth-order valence-electron chi connectivity index (χ4n) is 2.10. The normalized spacial score (nSPS) is 11.1. The van der Waals surface area contributed by atoms with Crippen LogP contribution in [0.3, 0.4) is 0 Å². The molecule has 0 atom stereocenters. The maximum atomic E-state index is 6.25. The van der Waals surface area contributed by atoms with Gasteiger partial charge in [0.25, 0.3) is 0 Å². The second kappa shape index (κ2) is 5.87. The first-order chi connectivity index (χ1) is 9.78. The molecule has 2 aromatic carbocycles. The van der Waals surface area contributed by atoms with Gasteiger partial charge in [0.15, 0.2) is 5.16 Å². The van der Waals surface area contributed by atoms with Crippen LogP contribution in [0.1, 0.15) is 5.56 Å². The number of nitrogens with two attached hydrogens (primary N) is 1. The third-order valence-electron chi connectivity index (χ3n) is 3.04. The zero-order valence-corrected chi connectivity index (χ0v) is 12.3. The van der Waals surface area contributed by atoms with E-state index in [0.29, 0.717) is 6.54 Å². The summed E-state index contributed by atoms with van der Waals surface area (Å²) in [5.41, 5.74) is 8.76. The molecular formula is C15H14ClN3S. The van der Waals surface area contributed by atoms with Crippen LogP contribution in [0.5, 0.6) is 0 Å². The molecule has 3 rings (SSSR count). The monoisotopic (exact) mass is 303 g/mol. The second-order valence-corrected chi connectivity index (χ2v) is 5.85. The minimum atomic E-state index is 0.581. The minimum absolute atomic E-state index is 0.581. The number of nitrogens with one attached hydrogen (secondary N) is 1. The summed E-state index contributed by atoms with van der Waals surface area (Å²) >= 11 is 7.84. The van der Waals surface area contributed by atoms with Gasteiger partial charge >= 0.3 is 0 Å². The molecule has 5 heteroatoms. The van der Waals surface area contributed by atoms with Crippen molar-refractivity contribution >= 4 is 34.4 Å². The molecule has 0 spiro atoms. The average Bonchev–Trinajstić information content (AvgIpc) is 2.85. The van der Waals surface area contributed by atoms with Crippen LogP contribution in [0.25, 0.3) is 11.0 Å². The molecule has 3 aromatic rings. The maximum absolute atomic E-state index is 6.25. The Balaban J connectivity index is 1.96. The number of aromatic nitrogens is 2. The fraction of sp³-hybridized carbons (Fsp3) is 0.133. The van der Waals surface area contributed by atoms with E-state index in [1.165, 1.54) is 0 Å². The minimum Gasteiger partial charge on any atom is -0.333 e. The predicted octanol–water partition coefficient (Wildman–Crippen LogP) is 3.87. The molecule has 20 heavy (non-hydrogen) atoms. The Bertz CT molecular complexity index is 706. The molecule has 0 bridgehead atoms. The number of H-pyrrole nitrogens is 1. The van der Waals surface area contributed by atoms with Crippen molar-refractivity contribution in [3.05, 3.63) is 53.1 Å². The topological polar surface area (TPSA) is 54.7 Å². The molecule has 102 valence electrons. The molecule has 0 aliphatic heterocycles.